The molecule has 2 aliphatic rings. The zero-order valence-electron chi connectivity index (χ0n) is 21.6. The smallest absolute Gasteiger partial charge is 0.389 e. The summed E-state index contributed by atoms with van der Waals surface area (Å²) in [5, 5.41) is 15.1. The average molecular weight is 577 g/mol. The van der Waals surface area contributed by atoms with E-state index in [1.165, 1.54) is 24.8 Å². The van der Waals surface area contributed by atoms with Gasteiger partial charge in [0, 0.05) is 60.2 Å². The lowest BCUT2D eigenvalue weighted by molar-refractivity contribution is -0.143. The third-order valence-corrected chi connectivity index (χ3v) is 7.01. The summed E-state index contributed by atoms with van der Waals surface area (Å²) >= 11 is 0. The van der Waals surface area contributed by atoms with Gasteiger partial charge in [-0.15, -0.1) is 0 Å². The van der Waals surface area contributed by atoms with Gasteiger partial charge < -0.3 is 15.3 Å². The van der Waals surface area contributed by atoms with Crippen molar-refractivity contribution in [3.63, 3.8) is 0 Å². The van der Waals surface area contributed by atoms with E-state index in [0.717, 1.165) is 58.4 Å². The molecular weight excluding hydrogens is 550 g/mol. The molecule has 216 valence electrons. The number of para-hydroxylation sites is 1. The number of amides is 1. The molecule has 5 rings (SSSR count). The number of carbonyl (C=O) groups excluding carboxylic acids is 1. The summed E-state index contributed by atoms with van der Waals surface area (Å²) < 4.78 is 79.1. The van der Waals surface area contributed by atoms with E-state index in [0.29, 0.717) is 12.1 Å². The molecule has 2 N–H and O–H groups in total. The van der Waals surface area contributed by atoms with Crippen LogP contribution in [0, 0.1) is 0 Å². The zero-order chi connectivity index (χ0) is 29.4. The fourth-order valence-corrected chi connectivity index (χ4v) is 5.00. The SMILES string of the molecule is O=C(c1cc(C(F)(F)F)cc(C(F)(F)F)c1)N1C=CN(CC(O)CNc2c3c(nc4ccccc24)CCCC3)C=C1. The van der Waals surface area contributed by atoms with Crippen molar-refractivity contribution in [2.75, 3.05) is 18.4 Å². The number of aliphatic hydroxyl groups excluding tert-OH is 1. The van der Waals surface area contributed by atoms with Crippen LogP contribution in [0.5, 0.6) is 0 Å². The summed E-state index contributed by atoms with van der Waals surface area (Å²) in [6, 6.07) is 8.54. The first-order valence-electron chi connectivity index (χ1n) is 13.0. The van der Waals surface area contributed by atoms with Crippen LogP contribution < -0.4 is 5.32 Å². The third kappa shape index (κ3) is 6.32. The minimum Gasteiger partial charge on any atom is -0.389 e. The normalized spacial score (nSPS) is 16.2. The van der Waals surface area contributed by atoms with E-state index in [1.54, 1.807) is 4.90 Å². The number of aromatic nitrogens is 1. The Bertz CT molecular complexity index is 1470. The van der Waals surface area contributed by atoms with Crippen LogP contribution in [-0.4, -0.2) is 45.0 Å². The molecule has 1 amide bonds. The average Bonchev–Trinajstić information content (AvgIpc) is 2.94. The predicted octanol–water partition coefficient (Wildman–Crippen LogP) is 6.32. The number of hydrogen-bond acceptors (Lipinski definition) is 5. The number of benzene rings is 2. The molecule has 1 atom stereocenters. The number of aliphatic hydroxyl groups is 1. The Morgan fingerprint density at radius 1 is 0.927 bits per heavy atom. The van der Waals surface area contributed by atoms with E-state index in [2.05, 4.69) is 5.32 Å². The molecule has 12 heteroatoms. The van der Waals surface area contributed by atoms with Gasteiger partial charge in [-0.2, -0.15) is 26.3 Å². The number of halogens is 6. The van der Waals surface area contributed by atoms with Crippen LogP contribution in [0.4, 0.5) is 32.0 Å². The molecule has 0 saturated heterocycles. The summed E-state index contributed by atoms with van der Waals surface area (Å²) in [5.41, 5.74) is 0.137. The summed E-state index contributed by atoms with van der Waals surface area (Å²) in [6.07, 6.45) is -1.82. The largest absolute Gasteiger partial charge is 0.416 e. The van der Waals surface area contributed by atoms with E-state index in [-0.39, 0.29) is 19.2 Å². The Hall–Kier alpha value is -4.06. The summed E-state index contributed by atoms with van der Waals surface area (Å²) in [7, 11) is 0. The van der Waals surface area contributed by atoms with Crippen molar-refractivity contribution in [3.05, 3.63) is 95.2 Å². The van der Waals surface area contributed by atoms with E-state index in [9.17, 15) is 36.2 Å². The number of alkyl halides is 6. The first kappa shape index (κ1) is 28.5. The van der Waals surface area contributed by atoms with Crippen molar-refractivity contribution in [1.82, 2.24) is 14.8 Å². The molecule has 1 aromatic heterocycles. The summed E-state index contributed by atoms with van der Waals surface area (Å²) in [6.45, 7) is 0.334. The molecule has 1 aliphatic heterocycles. The number of aryl methyl sites for hydroxylation is 1. The van der Waals surface area contributed by atoms with Gasteiger partial charge in [0.1, 0.15) is 0 Å². The molecule has 0 fully saturated rings. The highest BCUT2D eigenvalue weighted by molar-refractivity contribution is 5.96. The van der Waals surface area contributed by atoms with Crippen molar-refractivity contribution in [3.8, 4) is 0 Å². The molecule has 0 saturated carbocycles. The van der Waals surface area contributed by atoms with Crippen LogP contribution in [0.3, 0.4) is 0 Å². The Labute approximate surface area is 231 Å². The Kier molecular flexibility index (Phi) is 7.69. The van der Waals surface area contributed by atoms with Gasteiger partial charge in [0.15, 0.2) is 0 Å². The monoisotopic (exact) mass is 576 g/mol. The van der Waals surface area contributed by atoms with Gasteiger partial charge in [0.2, 0.25) is 0 Å². The second kappa shape index (κ2) is 11.1. The Morgan fingerprint density at radius 3 is 2.22 bits per heavy atom. The van der Waals surface area contributed by atoms with Crippen LogP contribution >= 0.6 is 0 Å². The molecule has 3 aromatic rings. The molecule has 0 radical (unpaired) electrons. The number of anilines is 1. The zero-order valence-corrected chi connectivity index (χ0v) is 21.6. The van der Waals surface area contributed by atoms with Crippen LogP contribution in [-0.2, 0) is 25.2 Å². The molecule has 2 heterocycles. The van der Waals surface area contributed by atoms with Crippen molar-refractivity contribution in [1.29, 1.82) is 0 Å². The number of rotatable bonds is 6. The van der Waals surface area contributed by atoms with E-state index in [4.69, 9.17) is 4.98 Å². The van der Waals surface area contributed by atoms with Gasteiger partial charge in [0.25, 0.3) is 5.91 Å². The first-order chi connectivity index (χ1) is 19.4. The number of fused-ring (bicyclic) bond motifs is 2. The molecule has 0 bridgehead atoms. The lowest BCUT2D eigenvalue weighted by Gasteiger charge is -2.27. The van der Waals surface area contributed by atoms with Crippen LogP contribution in [0.2, 0.25) is 0 Å². The first-order valence-corrected chi connectivity index (χ1v) is 13.0. The van der Waals surface area contributed by atoms with E-state index < -0.39 is 41.1 Å². The van der Waals surface area contributed by atoms with E-state index in [1.807, 2.05) is 24.3 Å². The van der Waals surface area contributed by atoms with Gasteiger partial charge in [0.05, 0.1) is 22.7 Å². The van der Waals surface area contributed by atoms with Gasteiger partial charge in [-0.25, -0.2) is 0 Å². The molecule has 2 aromatic carbocycles. The van der Waals surface area contributed by atoms with Crippen molar-refractivity contribution < 1.29 is 36.2 Å². The quantitative estimate of drug-likeness (QED) is 0.336. The number of pyridine rings is 1. The topological polar surface area (TPSA) is 68.7 Å². The van der Waals surface area contributed by atoms with E-state index >= 15 is 0 Å². The fraction of sp³-hybridized carbons (Fsp3) is 0.310. The maximum atomic E-state index is 13.2. The maximum Gasteiger partial charge on any atom is 0.416 e. The maximum absolute atomic E-state index is 13.2. The number of nitrogens with zero attached hydrogens (tertiary/aromatic N) is 3. The minimum atomic E-state index is -5.06. The highest BCUT2D eigenvalue weighted by Gasteiger charge is 2.38. The second-order valence-electron chi connectivity index (χ2n) is 9.97. The molecule has 1 unspecified atom stereocenters. The number of hydrogen-bond donors (Lipinski definition) is 2. The molecule has 41 heavy (non-hydrogen) atoms. The lowest BCUT2D eigenvalue weighted by atomic mass is 9.92. The number of carbonyl (C=O) groups is 1. The number of nitrogens with one attached hydrogen (secondary N) is 1. The minimum absolute atomic E-state index is 0.0274. The second-order valence-corrected chi connectivity index (χ2v) is 9.97. The highest BCUT2D eigenvalue weighted by Crippen LogP contribution is 2.37. The van der Waals surface area contributed by atoms with Gasteiger partial charge in [-0.1, -0.05) is 18.2 Å². The lowest BCUT2D eigenvalue weighted by Crippen LogP contribution is -2.33. The van der Waals surface area contributed by atoms with Crippen molar-refractivity contribution in [2.24, 2.45) is 0 Å². The summed E-state index contributed by atoms with van der Waals surface area (Å²) in [5.74, 6) is -1.06. The highest BCUT2D eigenvalue weighted by atomic mass is 19.4. The third-order valence-electron chi connectivity index (χ3n) is 7.01. The molecular formula is C29H26F6N4O2. The molecule has 1 aliphatic carbocycles. The Morgan fingerprint density at radius 2 is 1.56 bits per heavy atom. The standard InChI is InChI=1S/C29H26F6N4O2/c30-28(31,32)19-13-18(14-20(15-19)29(33,34)35)27(41)39-11-9-38(10-12-39)17-21(40)16-36-26-22-5-1-3-7-24(22)37-25-8-4-2-6-23(25)26/h1,3,5,7,9-15,21,40H,2,4,6,8,16-17H2,(H,36,37). The fourth-order valence-electron chi connectivity index (χ4n) is 5.00. The number of β-amino-alcohol motifs (C(OH)–C–C–N with tert-alkyl or cyclic N) is 1. The van der Waals surface area contributed by atoms with Gasteiger partial charge in [-0.3, -0.25) is 14.7 Å². The van der Waals surface area contributed by atoms with Crippen LogP contribution in [0.15, 0.2) is 67.3 Å². The molecule has 6 nitrogen and oxygen atoms in total. The predicted molar refractivity (Wildman–Crippen MR) is 140 cm³/mol. The van der Waals surface area contributed by atoms with Crippen LogP contribution in [0.1, 0.15) is 45.6 Å². The van der Waals surface area contributed by atoms with Crippen LogP contribution in [0.25, 0.3) is 10.9 Å². The summed E-state index contributed by atoms with van der Waals surface area (Å²) in [4.78, 5) is 20.0. The Balaban J connectivity index is 1.25. The van der Waals surface area contributed by atoms with Crippen molar-refractivity contribution >= 4 is 22.5 Å². The van der Waals surface area contributed by atoms with Gasteiger partial charge in [-0.05, 0) is 55.5 Å². The molecule has 0 spiro atoms. The van der Waals surface area contributed by atoms with Gasteiger partial charge >= 0.3 is 12.4 Å². The van der Waals surface area contributed by atoms with Crippen molar-refractivity contribution in [2.45, 2.75) is 44.1 Å².